The van der Waals surface area contributed by atoms with Crippen molar-refractivity contribution in [3.63, 3.8) is 0 Å². The van der Waals surface area contributed by atoms with Crippen molar-refractivity contribution in [3.8, 4) is 5.75 Å². The van der Waals surface area contributed by atoms with Crippen molar-refractivity contribution < 1.29 is 24.6 Å². The number of hydrogen-bond donors (Lipinski definition) is 2. The molecule has 0 radical (unpaired) electrons. The van der Waals surface area contributed by atoms with Gasteiger partial charge in [-0.25, -0.2) is 9.59 Å². The number of carboxylic acids is 1. The first kappa shape index (κ1) is 15.3. The first-order valence-corrected chi connectivity index (χ1v) is 6.72. The van der Waals surface area contributed by atoms with Crippen LogP contribution in [0.5, 0.6) is 5.75 Å². The van der Waals surface area contributed by atoms with Crippen molar-refractivity contribution >= 4 is 11.9 Å². The van der Waals surface area contributed by atoms with E-state index in [1.807, 2.05) is 0 Å². The predicted molar refractivity (Wildman–Crippen MR) is 74.9 cm³/mol. The fourth-order valence-electron chi connectivity index (χ4n) is 1.96. The molecule has 0 saturated carbocycles. The fraction of sp³-hybridized carbons (Fsp3) is 0.467. The molecule has 1 aromatic rings. The number of carbonyl (C=O) groups is 2. The Morgan fingerprint density at radius 3 is 2.43 bits per heavy atom. The highest BCUT2D eigenvalue weighted by Gasteiger charge is 2.34. The van der Waals surface area contributed by atoms with Crippen molar-refractivity contribution in [1.29, 1.82) is 0 Å². The van der Waals surface area contributed by atoms with Gasteiger partial charge in [-0.2, -0.15) is 0 Å². The summed E-state index contributed by atoms with van der Waals surface area (Å²) in [7, 11) is 0. The van der Waals surface area contributed by atoms with Gasteiger partial charge in [0.2, 0.25) is 0 Å². The van der Waals surface area contributed by atoms with Crippen LogP contribution in [0.2, 0.25) is 0 Å². The van der Waals surface area contributed by atoms with Crippen molar-refractivity contribution in [3.05, 3.63) is 29.3 Å². The van der Waals surface area contributed by atoms with Gasteiger partial charge >= 0.3 is 11.9 Å². The van der Waals surface area contributed by atoms with Gasteiger partial charge in [-0.1, -0.05) is 6.07 Å². The van der Waals surface area contributed by atoms with E-state index in [4.69, 9.17) is 9.94 Å². The van der Waals surface area contributed by atoms with E-state index >= 15 is 0 Å². The Morgan fingerprint density at radius 1 is 1.29 bits per heavy atom. The number of aromatic hydroxyl groups is 1. The van der Waals surface area contributed by atoms with Gasteiger partial charge in [0.25, 0.3) is 0 Å². The SMILES string of the molecule is CC(C)(C)C(=O)ON1CC(c2ccc(O)c(C(=O)O)c2)C1. The monoisotopic (exact) mass is 293 g/mol. The van der Waals surface area contributed by atoms with Crippen LogP contribution in [0.4, 0.5) is 0 Å². The van der Waals surface area contributed by atoms with E-state index in [0.29, 0.717) is 13.1 Å². The molecule has 0 atom stereocenters. The average Bonchev–Trinajstić information content (AvgIpc) is 2.32. The predicted octanol–water partition coefficient (Wildman–Crippen LogP) is 1.99. The highest BCUT2D eigenvalue weighted by molar-refractivity contribution is 5.91. The maximum Gasteiger partial charge on any atom is 0.339 e. The van der Waals surface area contributed by atoms with Crippen LogP contribution in [0.3, 0.4) is 0 Å². The number of nitrogens with zero attached hydrogens (tertiary/aromatic N) is 1. The molecular weight excluding hydrogens is 274 g/mol. The van der Waals surface area contributed by atoms with Crippen LogP contribution in [0.1, 0.15) is 42.6 Å². The second-order valence-electron chi connectivity index (χ2n) is 6.25. The highest BCUT2D eigenvalue weighted by atomic mass is 16.7. The van der Waals surface area contributed by atoms with Gasteiger partial charge in [-0.05, 0) is 38.5 Å². The first-order valence-electron chi connectivity index (χ1n) is 6.72. The van der Waals surface area contributed by atoms with Gasteiger partial charge in [-0.15, -0.1) is 5.06 Å². The summed E-state index contributed by atoms with van der Waals surface area (Å²) >= 11 is 0. The zero-order chi connectivity index (χ0) is 15.8. The summed E-state index contributed by atoms with van der Waals surface area (Å²) in [5, 5.41) is 20.0. The summed E-state index contributed by atoms with van der Waals surface area (Å²) < 4.78 is 0. The Bertz CT molecular complexity index is 570. The molecule has 1 aromatic carbocycles. The van der Waals surface area contributed by atoms with Crippen LogP contribution in [0, 0.1) is 5.41 Å². The van der Waals surface area contributed by atoms with E-state index in [2.05, 4.69) is 0 Å². The number of rotatable bonds is 3. The Kier molecular flexibility index (Phi) is 3.91. The lowest BCUT2D eigenvalue weighted by molar-refractivity contribution is -0.220. The van der Waals surface area contributed by atoms with Crippen LogP contribution >= 0.6 is 0 Å². The Labute approximate surface area is 122 Å². The van der Waals surface area contributed by atoms with E-state index < -0.39 is 11.4 Å². The van der Waals surface area contributed by atoms with Crippen LogP contribution < -0.4 is 0 Å². The molecule has 0 unspecified atom stereocenters. The summed E-state index contributed by atoms with van der Waals surface area (Å²) in [6.07, 6.45) is 0. The summed E-state index contributed by atoms with van der Waals surface area (Å²) in [5.41, 5.74) is 0.144. The quantitative estimate of drug-likeness (QED) is 0.886. The lowest BCUT2D eigenvalue weighted by Gasteiger charge is -2.38. The fourth-order valence-corrected chi connectivity index (χ4v) is 1.96. The van der Waals surface area contributed by atoms with E-state index in [9.17, 15) is 14.7 Å². The van der Waals surface area contributed by atoms with Crippen molar-refractivity contribution in [2.75, 3.05) is 13.1 Å². The van der Waals surface area contributed by atoms with Crippen LogP contribution in [-0.2, 0) is 9.63 Å². The molecule has 1 aliphatic heterocycles. The normalized spacial score (nSPS) is 16.3. The molecule has 6 nitrogen and oxygen atoms in total. The summed E-state index contributed by atoms with van der Waals surface area (Å²) in [5.74, 6) is -1.61. The lowest BCUT2D eigenvalue weighted by Crippen LogP contribution is -2.47. The van der Waals surface area contributed by atoms with E-state index in [1.54, 1.807) is 31.9 Å². The minimum absolute atomic E-state index is 0.0940. The highest BCUT2D eigenvalue weighted by Crippen LogP contribution is 2.31. The summed E-state index contributed by atoms with van der Waals surface area (Å²) in [6, 6.07) is 4.53. The Morgan fingerprint density at radius 2 is 1.90 bits per heavy atom. The number of carboxylic acid groups (broad SMARTS) is 1. The van der Waals surface area contributed by atoms with Crippen molar-refractivity contribution in [2.45, 2.75) is 26.7 Å². The Hall–Kier alpha value is -2.08. The maximum absolute atomic E-state index is 11.7. The minimum atomic E-state index is -1.16. The maximum atomic E-state index is 11.7. The van der Waals surface area contributed by atoms with Crippen LogP contribution in [0.15, 0.2) is 18.2 Å². The Balaban J connectivity index is 1.97. The number of benzene rings is 1. The lowest BCUT2D eigenvalue weighted by atomic mass is 9.91. The summed E-state index contributed by atoms with van der Waals surface area (Å²) in [6.45, 7) is 6.39. The second-order valence-corrected chi connectivity index (χ2v) is 6.25. The number of hydrogen-bond acceptors (Lipinski definition) is 5. The molecule has 1 heterocycles. The van der Waals surface area contributed by atoms with Crippen molar-refractivity contribution in [2.24, 2.45) is 5.41 Å². The number of carbonyl (C=O) groups excluding carboxylic acids is 1. The third-order valence-electron chi connectivity index (χ3n) is 3.39. The molecule has 0 amide bonds. The summed E-state index contributed by atoms with van der Waals surface area (Å²) in [4.78, 5) is 27.9. The van der Waals surface area contributed by atoms with Crippen LogP contribution in [-0.4, -0.2) is 40.3 Å². The molecule has 1 saturated heterocycles. The van der Waals surface area contributed by atoms with Crippen molar-refractivity contribution in [1.82, 2.24) is 5.06 Å². The molecule has 0 aliphatic carbocycles. The molecule has 2 rings (SSSR count). The largest absolute Gasteiger partial charge is 0.507 e. The van der Waals surface area contributed by atoms with Gasteiger partial charge in [0.05, 0.1) is 5.41 Å². The molecule has 0 spiro atoms. The van der Waals surface area contributed by atoms with Gasteiger partial charge in [0.1, 0.15) is 11.3 Å². The molecule has 0 bridgehead atoms. The number of phenols is 1. The van der Waals surface area contributed by atoms with Gasteiger partial charge < -0.3 is 15.1 Å². The molecule has 6 heteroatoms. The topological polar surface area (TPSA) is 87.1 Å². The molecule has 2 N–H and O–H groups in total. The number of hydroxylamine groups is 2. The molecule has 1 fully saturated rings. The third-order valence-corrected chi connectivity index (χ3v) is 3.39. The van der Waals surface area contributed by atoms with E-state index in [0.717, 1.165) is 5.56 Å². The zero-order valence-electron chi connectivity index (χ0n) is 12.3. The van der Waals surface area contributed by atoms with Gasteiger partial charge in [0, 0.05) is 19.0 Å². The number of aromatic carboxylic acids is 1. The standard InChI is InChI=1S/C15H19NO5/c1-15(2,3)14(20)21-16-7-10(8-16)9-4-5-12(17)11(6-9)13(18)19/h4-6,10,17H,7-8H2,1-3H3,(H,18,19). The third kappa shape index (κ3) is 3.33. The van der Waals surface area contributed by atoms with E-state index in [1.165, 1.54) is 12.1 Å². The molecule has 1 aliphatic rings. The zero-order valence-corrected chi connectivity index (χ0v) is 12.3. The van der Waals surface area contributed by atoms with Gasteiger partial charge in [-0.3, -0.25) is 0 Å². The molecule has 21 heavy (non-hydrogen) atoms. The van der Waals surface area contributed by atoms with Gasteiger partial charge in [0.15, 0.2) is 0 Å². The minimum Gasteiger partial charge on any atom is -0.507 e. The van der Waals surface area contributed by atoms with Crippen LogP contribution in [0.25, 0.3) is 0 Å². The average molecular weight is 293 g/mol. The smallest absolute Gasteiger partial charge is 0.339 e. The first-order chi connectivity index (χ1) is 9.68. The molecule has 114 valence electrons. The van der Waals surface area contributed by atoms with E-state index in [-0.39, 0.29) is 23.2 Å². The second kappa shape index (κ2) is 5.37. The molecule has 0 aromatic heterocycles. The molecular formula is C15H19NO5.